The highest BCUT2D eigenvalue weighted by Crippen LogP contribution is 2.24. The molecular weight excluding hydrogens is 254 g/mol. The summed E-state index contributed by atoms with van der Waals surface area (Å²) in [5.41, 5.74) is 2.64. The molecule has 3 rings (SSSR count). The van der Waals surface area contributed by atoms with E-state index in [4.69, 9.17) is 5.11 Å². The van der Waals surface area contributed by atoms with Gasteiger partial charge in [-0.15, -0.1) is 0 Å². The van der Waals surface area contributed by atoms with Crippen LogP contribution in [0.5, 0.6) is 0 Å². The van der Waals surface area contributed by atoms with Crippen LogP contribution in [-0.2, 0) is 11.2 Å². The molecule has 20 heavy (non-hydrogen) atoms. The molecule has 0 spiro atoms. The standard InChI is InChI=1S/C15H13N3O2/c19-13(20)8-7-12-14(11-5-2-1-3-6-11)17-15-16-9-4-10-18(12)15/h1-6,9-10H,7-8H2,(H,19,20). The van der Waals surface area contributed by atoms with Gasteiger partial charge in [-0.3, -0.25) is 9.20 Å². The minimum absolute atomic E-state index is 0.0719. The van der Waals surface area contributed by atoms with E-state index in [1.807, 2.05) is 47.0 Å². The average molecular weight is 267 g/mol. The van der Waals surface area contributed by atoms with E-state index in [2.05, 4.69) is 9.97 Å². The molecule has 5 nitrogen and oxygen atoms in total. The molecule has 0 bridgehead atoms. The molecule has 100 valence electrons. The molecule has 0 aliphatic rings. The normalized spacial score (nSPS) is 10.8. The first kappa shape index (κ1) is 12.3. The highest BCUT2D eigenvalue weighted by atomic mass is 16.4. The number of rotatable bonds is 4. The first-order chi connectivity index (χ1) is 9.75. The number of carbonyl (C=O) groups is 1. The second kappa shape index (κ2) is 5.13. The fourth-order valence-corrected chi connectivity index (χ4v) is 2.23. The molecule has 0 aliphatic carbocycles. The van der Waals surface area contributed by atoms with Gasteiger partial charge in [-0.2, -0.15) is 0 Å². The number of aromatic nitrogens is 3. The fraction of sp³-hybridized carbons (Fsp3) is 0.133. The van der Waals surface area contributed by atoms with Gasteiger partial charge in [-0.1, -0.05) is 30.3 Å². The van der Waals surface area contributed by atoms with Crippen molar-refractivity contribution in [1.82, 2.24) is 14.4 Å². The van der Waals surface area contributed by atoms with Crippen LogP contribution in [0.15, 0.2) is 48.8 Å². The smallest absolute Gasteiger partial charge is 0.303 e. The van der Waals surface area contributed by atoms with Crippen molar-refractivity contribution in [2.24, 2.45) is 0 Å². The van der Waals surface area contributed by atoms with E-state index in [0.717, 1.165) is 17.0 Å². The predicted molar refractivity (Wildman–Crippen MR) is 74.4 cm³/mol. The van der Waals surface area contributed by atoms with E-state index in [1.54, 1.807) is 6.20 Å². The summed E-state index contributed by atoms with van der Waals surface area (Å²) < 4.78 is 1.85. The topological polar surface area (TPSA) is 67.5 Å². The van der Waals surface area contributed by atoms with Crippen LogP contribution in [0.25, 0.3) is 17.0 Å². The zero-order chi connectivity index (χ0) is 13.9. The largest absolute Gasteiger partial charge is 0.481 e. The maximum atomic E-state index is 10.8. The van der Waals surface area contributed by atoms with Crippen LogP contribution in [0.1, 0.15) is 12.1 Å². The summed E-state index contributed by atoms with van der Waals surface area (Å²) in [7, 11) is 0. The molecule has 0 radical (unpaired) electrons. The Morgan fingerprint density at radius 1 is 1.20 bits per heavy atom. The summed E-state index contributed by atoms with van der Waals surface area (Å²) in [5, 5.41) is 8.90. The summed E-state index contributed by atoms with van der Waals surface area (Å²) in [6.07, 6.45) is 4.03. The molecule has 1 N–H and O–H groups in total. The van der Waals surface area contributed by atoms with Crippen LogP contribution in [0.3, 0.4) is 0 Å². The summed E-state index contributed by atoms with van der Waals surface area (Å²) in [6, 6.07) is 11.6. The molecule has 0 saturated heterocycles. The molecule has 0 unspecified atom stereocenters. The van der Waals surface area contributed by atoms with Gasteiger partial charge < -0.3 is 5.11 Å². The van der Waals surface area contributed by atoms with Crippen molar-refractivity contribution < 1.29 is 9.90 Å². The van der Waals surface area contributed by atoms with Crippen molar-refractivity contribution in [3.05, 3.63) is 54.5 Å². The minimum Gasteiger partial charge on any atom is -0.481 e. The Morgan fingerprint density at radius 3 is 2.75 bits per heavy atom. The van der Waals surface area contributed by atoms with Crippen LogP contribution < -0.4 is 0 Å². The third-order valence-corrected chi connectivity index (χ3v) is 3.13. The molecule has 0 atom stereocenters. The summed E-state index contributed by atoms with van der Waals surface area (Å²) >= 11 is 0. The van der Waals surface area contributed by atoms with Gasteiger partial charge in [0.15, 0.2) is 0 Å². The lowest BCUT2D eigenvalue weighted by Crippen LogP contribution is -2.01. The first-order valence-corrected chi connectivity index (χ1v) is 6.35. The van der Waals surface area contributed by atoms with Crippen molar-refractivity contribution >= 4 is 11.7 Å². The summed E-state index contributed by atoms with van der Waals surface area (Å²) in [5.74, 6) is -0.227. The van der Waals surface area contributed by atoms with Crippen LogP contribution in [0, 0.1) is 0 Å². The number of aryl methyl sites for hydroxylation is 1. The van der Waals surface area contributed by atoms with E-state index < -0.39 is 5.97 Å². The highest BCUT2D eigenvalue weighted by molar-refractivity contribution is 5.69. The van der Waals surface area contributed by atoms with E-state index in [1.165, 1.54) is 0 Å². The number of benzene rings is 1. The zero-order valence-electron chi connectivity index (χ0n) is 10.7. The Kier molecular flexibility index (Phi) is 3.16. The Hall–Kier alpha value is -2.69. The Labute approximate surface area is 115 Å². The third-order valence-electron chi connectivity index (χ3n) is 3.13. The highest BCUT2D eigenvalue weighted by Gasteiger charge is 2.15. The average Bonchev–Trinajstić information content (AvgIpc) is 2.84. The number of carboxylic acid groups (broad SMARTS) is 1. The van der Waals surface area contributed by atoms with E-state index in [0.29, 0.717) is 12.2 Å². The van der Waals surface area contributed by atoms with Crippen molar-refractivity contribution in [3.8, 4) is 11.3 Å². The van der Waals surface area contributed by atoms with Crippen molar-refractivity contribution in [2.75, 3.05) is 0 Å². The third kappa shape index (κ3) is 2.25. The molecule has 0 saturated carbocycles. The van der Waals surface area contributed by atoms with Crippen LogP contribution in [0.4, 0.5) is 0 Å². The van der Waals surface area contributed by atoms with E-state index >= 15 is 0 Å². The lowest BCUT2D eigenvalue weighted by molar-refractivity contribution is -0.136. The number of carboxylic acids is 1. The Balaban J connectivity index is 2.15. The molecular formula is C15H13N3O2. The number of hydrogen-bond acceptors (Lipinski definition) is 3. The molecule has 2 aromatic heterocycles. The van der Waals surface area contributed by atoms with Crippen molar-refractivity contribution in [3.63, 3.8) is 0 Å². The molecule has 3 aromatic rings. The second-order valence-electron chi connectivity index (χ2n) is 4.46. The number of imidazole rings is 1. The number of fused-ring (bicyclic) bond motifs is 1. The maximum absolute atomic E-state index is 10.8. The van der Waals surface area contributed by atoms with Gasteiger partial charge in [0.05, 0.1) is 17.8 Å². The van der Waals surface area contributed by atoms with E-state index in [9.17, 15) is 4.79 Å². The Bertz CT molecular complexity index is 750. The summed E-state index contributed by atoms with van der Waals surface area (Å²) in [4.78, 5) is 19.6. The number of aliphatic carboxylic acids is 1. The van der Waals surface area contributed by atoms with Crippen molar-refractivity contribution in [1.29, 1.82) is 0 Å². The van der Waals surface area contributed by atoms with Gasteiger partial charge in [0.25, 0.3) is 0 Å². The SMILES string of the molecule is O=C(O)CCc1c(-c2ccccc2)nc2ncccn12. The maximum Gasteiger partial charge on any atom is 0.303 e. The molecule has 5 heteroatoms. The van der Waals surface area contributed by atoms with Crippen LogP contribution >= 0.6 is 0 Å². The minimum atomic E-state index is -0.817. The van der Waals surface area contributed by atoms with Gasteiger partial charge in [0.1, 0.15) is 0 Å². The number of hydrogen-bond donors (Lipinski definition) is 1. The van der Waals surface area contributed by atoms with Gasteiger partial charge in [0.2, 0.25) is 5.78 Å². The molecule has 0 amide bonds. The molecule has 0 aliphatic heterocycles. The monoisotopic (exact) mass is 267 g/mol. The molecule has 0 fully saturated rings. The van der Waals surface area contributed by atoms with Gasteiger partial charge in [-0.25, -0.2) is 9.97 Å². The zero-order valence-corrected chi connectivity index (χ0v) is 10.7. The second-order valence-corrected chi connectivity index (χ2v) is 4.46. The van der Waals surface area contributed by atoms with Gasteiger partial charge in [-0.05, 0) is 6.07 Å². The van der Waals surface area contributed by atoms with Crippen molar-refractivity contribution in [2.45, 2.75) is 12.8 Å². The number of nitrogens with zero attached hydrogens (tertiary/aromatic N) is 3. The fourth-order valence-electron chi connectivity index (χ4n) is 2.23. The first-order valence-electron chi connectivity index (χ1n) is 6.35. The van der Waals surface area contributed by atoms with Crippen LogP contribution in [0.2, 0.25) is 0 Å². The molecule has 2 heterocycles. The lowest BCUT2D eigenvalue weighted by atomic mass is 10.1. The predicted octanol–water partition coefficient (Wildman–Crippen LogP) is 2.41. The summed E-state index contributed by atoms with van der Waals surface area (Å²) in [6.45, 7) is 0. The van der Waals surface area contributed by atoms with Crippen LogP contribution in [-0.4, -0.2) is 25.4 Å². The quantitative estimate of drug-likeness (QED) is 0.788. The molecule has 1 aromatic carbocycles. The lowest BCUT2D eigenvalue weighted by Gasteiger charge is -2.03. The van der Waals surface area contributed by atoms with Gasteiger partial charge >= 0.3 is 5.97 Å². The Morgan fingerprint density at radius 2 is 2.00 bits per heavy atom. The van der Waals surface area contributed by atoms with Gasteiger partial charge in [0, 0.05) is 24.4 Å². The van der Waals surface area contributed by atoms with E-state index in [-0.39, 0.29) is 6.42 Å².